The van der Waals surface area contributed by atoms with E-state index in [0.717, 1.165) is 19.3 Å². The standard InChI is InChI=1S/C14H20O/c1-3-14(4-2)12(10-13(14)15)11-8-6-5-7-9-11/h5-9,12-13,15H,3-4,10H2,1-2H3. The molecule has 1 fully saturated rings. The third-order valence-electron chi connectivity index (χ3n) is 4.34. The van der Waals surface area contributed by atoms with Gasteiger partial charge in [0, 0.05) is 5.41 Å². The van der Waals surface area contributed by atoms with Crippen LogP contribution in [0.3, 0.4) is 0 Å². The molecular formula is C14H20O. The van der Waals surface area contributed by atoms with Crippen molar-refractivity contribution >= 4 is 0 Å². The first kappa shape index (κ1) is 10.7. The molecule has 1 aromatic carbocycles. The minimum Gasteiger partial charge on any atom is -0.393 e. The fraction of sp³-hybridized carbons (Fsp3) is 0.571. The van der Waals surface area contributed by atoms with E-state index in [2.05, 4.69) is 44.2 Å². The summed E-state index contributed by atoms with van der Waals surface area (Å²) in [6.07, 6.45) is 2.98. The van der Waals surface area contributed by atoms with Crippen LogP contribution in [0, 0.1) is 5.41 Å². The topological polar surface area (TPSA) is 20.2 Å². The summed E-state index contributed by atoms with van der Waals surface area (Å²) in [6, 6.07) is 10.6. The van der Waals surface area contributed by atoms with Gasteiger partial charge >= 0.3 is 0 Å². The molecule has 2 rings (SSSR count). The maximum Gasteiger partial charge on any atom is 0.0608 e. The predicted molar refractivity (Wildman–Crippen MR) is 62.8 cm³/mol. The lowest BCUT2D eigenvalue weighted by Crippen LogP contribution is -2.50. The molecule has 0 saturated heterocycles. The average molecular weight is 204 g/mol. The monoisotopic (exact) mass is 204 g/mol. The smallest absolute Gasteiger partial charge is 0.0608 e. The summed E-state index contributed by atoms with van der Waals surface area (Å²) in [5, 5.41) is 9.99. The molecule has 1 aliphatic rings. The minimum atomic E-state index is -0.0993. The molecule has 0 bridgehead atoms. The van der Waals surface area contributed by atoms with Crippen LogP contribution in [-0.4, -0.2) is 11.2 Å². The Bertz CT molecular complexity index is 313. The predicted octanol–water partition coefficient (Wildman–Crippen LogP) is 3.34. The quantitative estimate of drug-likeness (QED) is 0.800. The summed E-state index contributed by atoms with van der Waals surface area (Å²) in [4.78, 5) is 0. The molecule has 82 valence electrons. The van der Waals surface area contributed by atoms with Gasteiger partial charge in [0.1, 0.15) is 0 Å². The van der Waals surface area contributed by atoms with Crippen molar-refractivity contribution in [2.24, 2.45) is 5.41 Å². The van der Waals surface area contributed by atoms with E-state index >= 15 is 0 Å². The molecule has 2 unspecified atom stereocenters. The zero-order valence-electron chi connectivity index (χ0n) is 9.61. The van der Waals surface area contributed by atoms with Crippen LogP contribution in [0.15, 0.2) is 30.3 Å². The van der Waals surface area contributed by atoms with E-state index in [1.807, 2.05) is 0 Å². The van der Waals surface area contributed by atoms with Gasteiger partial charge in [-0.3, -0.25) is 0 Å². The Kier molecular flexibility index (Phi) is 2.83. The summed E-state index contributed by atoms with van der Waals surface area (Å²) < 4.78 is 0. The van der Waals surface area contributed by atoms with Gasteiger partial charge in [-0.25, -0.2) is 0 Å². The van der Waals surface area contributed by atoms with Crippen molar-refractivity contribution in [3.8, 4) is 0 Å². The maximum absolute atomic E-state index is 9.99. The Labute approximate surface area is 92.1 Å². The first-order valence-corrected chi connectivity index (χ1v) is 5.97. The molecule has 0 aromatic heterocycles. The van der Waals surface area contributed by atoms with Crippen LogP contribution in [0.4, 0.5) is 0 Å². The molecule has 1 heteroatoms. The molecule has 0 heterocycles. The van der Waals surface area contributed by atoms with Gasteiger partial charge in [-0.05, 0) is 30.7 Å². The molecule has 15 heavy (non-hydrogen) atoms. The van der Waals surface area contributed by atoms with Gasteiger partial charge in [-0.2, -0.15) is 0 Å². The van der Waals surface area contributed by atoms with Crippen LogP contribution in [0.1, 0.15) is 44.6 Å². The van der Waals surface area contributed by atoms with Gasteiger partial charge in [-0.1, -0.05) is 44.2 Å². The van der Waals surface area contributed by atoms with Crippen LogP contribution < -0.4 is 0 Å². The highest BCUT2D eigenvalue weighted by molar-refractivity contribution is 5.27. The Morgan fingerprint density at radius 3 is 2.27 bits per heavy atom. The van der Waals surface area contributed by atoms with Crippen molar-refractivity contribution in [1.82, 2.24) is 0 Å². The highest BCUT2D eigenvalue weighted by Gasteiger charge is 2.52. The Hall–Kier alpha value is -0.820. The number of rotatable bonds is 3. The van der Waals surface area contributed by atoms with Crippen LogP contribution in [0.2, 0.25) is 0 Å². The van der Waals surface area contributed by atoms with Crippen molar-refractivity contribution < 1.29 is 5.11 Å². The van der Waals surface area contributed by atoms with Gasteiger partial charge in [0.05, 0.1) is 6.10 Å². The summed E-state index contributed by atoms with van der Waals surface area (Å²) >= 11 is 0. The molecule has 1 saturated carbocycles. The Morgan fingerprint density at radius 2 is 1.80 bits per heavy atom. The van der Waals surface area contributed by atoms with E-state index < -0.39 is 0 Å². The first-order valence-electron chi connectivity index (χ1n) is 5.97. The Balaban J connectivity index is 2.25. The number of aliphatic hydroxyl groups excluding tert-OH is 1. The third-order valence-corrected chi connectivity index (χ3v) is 4.34. The van der Waals surface area contributed by atoms with Gasteiger partial charge in [0.15, 0.2) is 0 Å². The lowest BCUT2D eigenvalue weighted by atomic mass is 9.53. The highest BCUT2D eigenvalue weighted by atomic mass is 16.3. The summed E-state index contributed by atoms with van der Waals surface area (Å²) in [5.41, 5.74) is 1.54. The second-order valence-electron chi connectivity index (χ2n) is 4.66. The molecule has 2 atom stereocenters. The fourth-order valence-electron chi connectivity index (χ4n) is 3.13. The van der Waals surface area contributed by atoms with Crippen molar-refractivity contribution in [2.75, 3.05) is 0 Å². The number of aliphatic hydroxyl groups is 1. The fourth-order valence-corrected chi connectivity index (χ4v) is 3.13. The zero-order valence-corrected chi connectivity index (χ0v) is 9.61. The second-order valence-corrected chi connectivity index (χ2v) is 4.66. The molecule has 0 aliphatic heterocycles. The summed E-state index contributed by atoms with van der Waals surface area (Å²) in [6.45, 7) is 4.39. The van der Waals surface area contributed by atoms with Crippen LogP contribution in [0.25, 0.3) is 0 Å². The normalized spacial score (nSPS) is 28.5. The lowest BCUT2D eigenvalue weighted by molar-refractivity contribution is -0.0932. The van der Waals surface area contributed by atoms with Crippen LogP contribution in [-0.2, 0) is 0 Å². The first-order chi connectivity index (χ1) is 7.24. The van der Waals surface area contributed by atoms with E-state index in [4.69, 9.17) is 0 Å². The van der Waals surface area contributed by atoms with Crippen molar-refractivity contribution in [3.63, 3.8) is 0 Å². The molecular weight excluding hydrogens is 184 g/mol. The maximum atomic E-state index is 9.99. The van der Waals surface area contributed by atoms with E-state index in [-0.39, 0.29) is 11.5 Å². The van der Waals surface area contributed by atoms with E-state index in [0.29, 0.717) is 5.92 Å². The molecule has 1 nitrogen and oxygen atoms in total. The molecule has 1 N–H and O–H groups in total. The van der Waals surface area contributed by atoms with Gasteiger partial charge < -0.3 is 5.11 Å². The number of benzene rings is 1. The van der Waals surface area contributed by atoms with Gasteiger partial charge in [0.25, 0.3) is 0 Å². The zero-order chi connectivity index (χ0) is 10.9. The third kappa shape index (κ3) is 1.50. The van der Waals surface area contributed by atoms with E-state index in [1.54, 1.807) is 0 Å². The van der Waals surface area contributed by atoms with Gasteiger partial charge in [0.2, 0.25) is 0 Å². The van der Waals surface area contributed by atoms with Crippen molar-refractivity contribution in [3.05, 3.63) is 35.9 Å². The van der Waals surface area contributed by atoms with Crippen LogP contribution in [0.5, 0.6) is 0 Å². The largest absolute Gasteiger partial charge is 0.393 e. The molecule has 1 aromatic rings. The average Bonchev–Trinajstić information content (AvgIpc) is 2.29. The molecule has 0 radical (unpaired) electrons. The number of hydrogen-bond donors (Lipinski definition) is 1. The van der Waals surface area contributed by atoms with Crippen molar-refractivity contribution in [2.45, 2.75) is 45.1 Å². The Morgan fingerprint density at radius 1 is 1.20 bits per heavy atom. The van der Waals surface area contributed by atoms with Crippen LogP contribution >= 0.6 is 0 Å². The molecule has 0 amide bonds. The van der Waals surface area contributed by atoms with E-state index in [1.165, 1.54) is 5.56 Å². The lowest BCUT2D eigenvalue weighted by Gasteiger charge is -2.53. The second kappa shape index (κ2) is 3.97. The summed E-state index contributed by atoms with van der Waals surface area (Å²) in [7, 11) is 0. The highest BCUT2D eigenvalue weighted by Crippen LogP contribution is 2.57. The minimum absolute atomic E-state index is 0.0993. The van der Waals surface area contributed by atoms with E-state index in [9.17, 15) is 5.11 Å². The molecule has 1 aliphatic carbocycles. The van der Waals surface area contributed by atoms with Gasteiger partial charge in [-0.15, -0.1) is 0 Å². The molecule has 0 spiro atoms. The van der Waals surface area contributed by atoms with Crippen molar-refractivity contribution in [1.29, 1.82) is 0 Å². The summed E-state index contributed by atoms with van der Waals surface area (Å²) in [5.74, 6) is 0.559. The SMILES string of the molecule is CCC1(CC)C(O)CC1c1ccccc1. The number of hydrogen-bond acceptors (Lipinski definition) is 1.